The molecule has 7 rings (SSSR count). The van der Waals surface area contributed by atoms with Crippen molar-refractivity contribution in [3.05, 3.63) is 102 Å². The van der Waals surface area contributed by atoms with E-state index in [-0.39, 0.29) is 25.9 Å². The number of carbonyl (C=O) groups is 1. The second-order valence-corrected chi connectivity index (χ2v) is 17.1. The fourth-order valence-electron chi connectivity index (χ4n) is 8.87. The largest absolute Gasteiger partial charge is 0.286 e. The number of amides is 1. The Kier molecular flexibility index (Phi) is 9.83. The molecule has 0 N–H and O–H groups in total. The van der Waals surface area contributed by atoms with E-state index in [1.165, 1.54) is 86.2 Å². The number of rotatable bonds is 7. The van der Waals surface area contributed by atoms with Gasteiger partial charge < -0.3 is 0 Å². The quantitative estimate of drug-likeness (QED) is 0.243. The van der Waals surface area contributed by atoms with Crippen molar-refractivity contribution in [2.75, 3.05) is 0 Å². The van der Waals surface area contributed by atoms with Crippen LogP contribution in [0.25, 0.3) is 0 Å². The highest BCUT2D eigenvalue weighted by molar-refractivity contribution is 7.67. The van der Waals surface area contributed by atoms with Crippen LogP contribution < -0.4 is 5.30 Å². The maximum atomic E-state index is 15.0. The van der Waals surface area contributed by atoms with Gasteiger partial charge in [-0.1, -0.05) is 138 Å². The molecule has 4 heteroatoms. The first-order valence-electron chi connectivity index (χ1n) is 18.1. The minimum Gasteiger partial charge on any atom is -0.286 e. The zero-order chi connectivity index (χ0) is 30.6. The molecule has 236 valence electrons. The fraction of sp³-hybridized carbons (Fsp3) is 0.512. The molecule has 1 aliphatic heterocycles. The van der Waals surface area contributed by atoms with Gasteiger partial charge in [0.2, 0.25) is 5.91 Å². The van der Waals surface area contributed by atoms with Gasteiger partial charge in [0, 0.05) is 11.5 Å². The summed E-state index contributed by atoms with van der Waals surface area (Å²) >= 11 is 0. The van der Waals surface area contributed by atoms with Gasteiger partial charge in [0.15, 0.2) is 0 Å². The second kappa shape index (κ2) is 14.3. The Morgan fingerprint density at radius 1 is 0.644 bits per heavy atom. The molecule has 0 unspecified atom stereocenters. The molecule has 0 radical (unpaired) electrons. The molecule has 3 aliphatic carbocycles. The van der Waals surface area contributed by atoms with E-state index in [0.29, 0.717) is 11.8 Å². The van der Waals surface area contributed by atoms with E-state index in [0.717, 1.165) is 42.8 Å². The second-order valence-electron chi connectivity index (χ2n) is 14.3. The lowest BCUT2D eigenvalue weighted by Crippen LogP contribution is -2.43. The van der Waals surface area contributed by atoms with Crippen LogP contribution >= 0.6 is 7.92 Å². The molecule has 0 aromatic heterocycles. The standard InChI is InChI=1S/C41H51N2OP/c1-30-26-28-33(29-27-30)41(44)43-39(32-18-8-3-9-19-32)38(31-16-6-2-7-17-31)42-40(43)36-24-14-15-25-37(36)45(34-20-10-4-11-21-34)35-22-12-5-13-23-35/h2-3,6-9,14-19,24-25,30,33-35,38-39H,4-5,10-13,20-23,26-29H2,1H3/t30?,33?,38-,39-/m1/s1. The van der Waals surface area contributed by atoms with Crippen molar-refractivity contribution in [3.8, 4) is 0 Å². The van der Waals surface area contributed by atoms with E-state index in [1.807, 2.05) is 0 Å². The predicted molar refractivity (Wildman–Crippen MR) is 190 cm³/mol. The third-order valence-electron chi connectivity index (χ3n) is 11.3. The molecule has 3 aromatic carbocycles. The molecule has 0 saturated heterocycles. The zero-order valence-corrected chi connectivity index (χ0v) is 28.1. The van der Waals surface area contributed by atoms with Crippen molar-refractivity contribution in [3.63, 3.8) is 0 Å². The molecular weight excluding hydrogens is 567 g/mol. The zero-order valence-electron chi connectivity index (χ0n) is 27.2. The van der Waals surface area contributed by atoms with Crippen LogP contribution in [0.1, 0.15) is 126 Å². The summed E-state index contributed by atoms with van der Waals surface area (Å²) in [7, 11) is -0.344. The van der Waals surface area contributed by atoms with E-state index in [1.54, 1.807) is 0 Å². The monoisotopic (exact) mass is 618 g/mol. The summed E-state index contributed by atoms with van der Waals surface area (Å²) in [5.41, 5.74) is 5.20. The molecule has 1 amide bonds. The van der Waals surface area contributed by atoms with Crippen LogP contribution in [-0.2, 0) is 4.79 Å². The van der Waals surface area contributed by atoms with Crippen molar-refractivity contribution >= 4 is 25.0 Å². The van der Waals surface area contributed by atoms with Gasteiger partial charge in [0.25, 0.3) is 0 Å². The maximum absolute atomic E-state index is 15.0. The van der Waals surface area contributed by atoms with E-state index < -0.39 is 0 Å². The van der Waals surface area contributed by atoms with Gasteiger partial charge in [-0.2, -0.15) is 0 Å². The first-order chi connectivity index (χ1) is 22.2. The van der Waals surface area contributed by atoms with Crippen molar-refractivity contribution in [1.82, 2.24) is 4.90 Å². The Labute approximate surface area is 272 Å². The molecule has 4 aliphatic rings. The average Bonchev–Trinajstić information content (AvgIpc) is 3.51. The van der Waals surface area contributed by atoms with E-state index in [2.05, 4.69) is 96.8 Å². The number of aliphatic imine (C=N–C) groups is 1. The Balaban J connectivity index is 1.37. The normalized spacial score (nSPS) is 26.6. The molecule has 3 fully saturated rings. The first kappa shape index (κ1) is 30.9. The van der Waals surface area contributed by atoms with Gasteiger partial charge in [-0.3, -0.25) is 14.7 Å². The van der Waals surface area contributed by atoms with Gasteiger partial charge in [0.05, 0.1) is 6.04 Å². The molecule has 2 atom stereocenters. The van der Waals surface area contributed by atoms with Gasteiger partial charge in [-0.05, 0) is 85.0 Å². The van der Waals surface area contributed by atoms with Gasteiger partial charge >= 0.3 is 0 Å². The Morgan fingerprint density at radius 3 is 1.78 bits per heavy atom. The van der Waals surface area contributed by atoms with Crippen molar-refractivity contribution < 1.29 is 4.79 Å². The summed E-state index contributed by atoms with van der Waals surface area (Å²) in [4.78, 5) is 22.9. The highest BCUT2D eigenvalue weighted by Crippen LogP contribution is 2.56. The molecule has 0 bridgehead atoms. The number of carbonyl (C=O) groups excluding carboxylic acids is 1. The first-order valence-corrected chi connectivity index (χ1v) is 19.6. The number of hydrogen-bond acceptors (Lipinski definition) is 2. The molecular formula is C41H51N2OP. The minimum absolute atomic E-state index is 0.0671. The summed E-state index contributed by atoms with van der Waals surface area (Å²) in [6.45, 7) is 2.34. The number of amidine groups is 1. The highest BCUT2D eigenvalue weighted by atomic mass is 31.1. The third-order valence-corrected chi connectivity index (χ3v) is 14.9. The Morgan fingerprint density at radius 2 is 1.18 bits per heavy atom. The van der Waals surface area contributed by atoms with Crippen LogP contribution in [0.15, 0.2) is 89.9 Å². The van der Waals surface area contributed by atoms with Crippen LogP contribution in [0, 0.1) is 11.8 Å². The van der Waals surface area contributed by atoms with Gasteiger partial charge in [-0.25, -0.2) is 0 Å². The lowest BCUT2D eigenvalue weighted by molar-refractivity contribution is -0.134. The molecule has 3 nitrogen and oxygen atoms in total. The molecule has 1 heterocycles. The minimum atomic E-state index is -0.344. The number of benzene rings is 3. The fourth-order valence-corrected chi connectivity index (χ4v) is 12.8. The van der Waals surface area contributed by atoms with Crippen molar-refractivity contribution in [2.45, 2.75) is 120 Å². The van der Waals surface area contributed by atoms with E-state index in [9.17, 15) is 4.79 Å². The number of hydrogen-bond donors (Lipinski definition) is 0. The smallest absolute Gasteiger partial charge is 0.231 e. The molecule has 3 aromatic rings. The summed E-state index contributed by atoms with van der Waals surface area (Å²) in [5, 5.41) is 1.53. The lowest BCUT2D eigenvalue weighted by atomic mass is 9.81. The van der Waals surface area contributed by atoms with E-state index >= 15 is 0 Å². The summed E-state index contributed by atoms with van der Waals surface area (Å²) < 4.78 is 0. The lowest BCUT2D eigenvalue weighted by Gasteiger charge is -2.40. The topological polar surface area (TPSA) is 32.7 Å². The van der Waals surface area contributed by atoms with Crippen LogP contribution in [-0.4, -0.2) is 28.0 Å². The van der Waals surface area contributed by atoms with Crippen molar-refractivity contribution in [2.24, 2.45) is 16.8 Å². The van der Waals surface area contributed by atoms with Gasteiger partial charge in [0.1, 0.15) is 11.9 Å². The van der Waals surface area contributed by atoms with Crippen LogP contribution in [0.2, 0.25) is 0 Å². The Hall–Kier alpha value is -2.77. The highest BCUT2D eigenvalue weighted by Gasteiger charge is 2.46. The summed E-state index contributed by atoms with van der Waals surface area (Å²) in [5.74, 6) is 2.01. The maximum Gasteiger partial charge on any atom is 0.231 e. The third kappa shape index (κ3) is 6.58. The predicted octanol–water partition coefficient (Wildman–Crippen LogP) is 10.4. The summed E-state index contributed by atoms with van der Waals surface area (Å²) in [6, 6.07) is 30.5. The molecule has 0 spiro atoms. The summed E-state index contributed by atoms with van der Waals surface area (Å²) in [6.07, 6.45) is 18.0. The SMILES string of the molecule is CC1CCC(C(=O)N2C(c3ccccc3P(C3CCCCC3)C3CCCCC3)=N[C@H](c3ccccc3)[C@H]2c2ccccc2)CC1. The van der Waals surface area contributed by atoms with Crippen LogP contribution in [0.3, 0.4) is 0 Å². The van der Waals surface area contributed by atoms with Crippen LogP contribution in [0.5, 0.6) is 0 Å². The van der Waals surface area contributed by atoms with Crippen molar-refractivity contribution in [1.29, 1.82) is 0 Å². The average molecular weight is 619 g/mol. The molecule has 45 heavy (non-hydrogen) atoms. The molecule has 3 saturated carbocycles. The van der Waals surface area contributed by atoms with Gasteiger partial charge in [-0.15, -0.1) is 0 Å². The number of nitrogens with zero attached hydrogens (tertiary/aromatic N) is 2. The van der Waals surface area contributed by atoms with E-state index in [4.69, 9.17) is 4.99 Å². The van der Waals surface area contributed by atoms with Crippen LogP contribution in [0.4, 0.5) is 0 Å². The Bertz CT molecular complexity index is 1420.